The van der Waals surface area contributed by atoms with Crippen LogP contribution in [0.4, 0.5) is 0 Å². The second-order valence-corrected chi connectivity index (χ2v) is 9.00. The molecule has 2 rings (SSSR count). The fourth-order valence-electron chi connectivity index (χ4n) is 4.52. The molecule has 0 aromatic heterocycles. The molecule has 2 unspecified atom stereocenters. The fraction of sp³-hybridized carbons (Fsp3) is 1.00. The SMILES string of the molecule is CNC1C(CN2CCCC(C)(C)CC2)C(C)(C)OC1(C)C. The van der Waals surface area contributed by atoms with E-state index < -0.39 is 0 Å². The van der Waals surface area contributed by atoms with Gasteiger partial charge in [-0.1, -0.05) is 13.8 Å². The molecular formula is C18H36N2O. The van der Waals surface area contributed by atoms with Crippen molar-refractivity contribution in [2.24, 2.45) is 11.3 Å². The maximum Gasteiger partial charge on any atom is 0.0790 e. The predicted molar refractivity (Wildman–Crippen MR) is 89.7 cm³/mol. The Labute approximate surface area is 131 Å². The number of likely N-dealkylation sites (tertiary alicyclic amines) is 1. The molecule has 2 fully saturated rings. The van der Waals surface area contributed by atoms with Gasteiger partial charge in [-0.3, -0.25) is 0 Å². The first-order valence-electron chi connectivity index (χ1n) is 8.67. The third-order valence-corrected chi connectivity index (χ3v) is 5.77. The molecule has 124 valence electrons. The molecule has 0 aromatic rings. The summed E-state index contributed by atoms with van der Waals surface area (Å²) >= 11 is 0. The Morgan fingerprint density at radius 1 is 1.00 bits per heavy atom. The summed E-state index contributed by atoms with van der Waals surface area (Å²) in [5, 5.41) is 3.53. The first kappa shape index (κ1) is 17.2. The fourth-order valence-corrected chi connectivity index (χ4v) is 4.52. The van der Waals surface area contributed by atoms with Gasteiger partial charge in [0.25, 0.3) is 0 Å². The Bertz CT molecular complexity index is 362. The summed E-state index contributed by atoms with van der Waals surface area (Å²) in [6.07, 6.45) is 4.00. The van der Waals surface area contributed by atoms with Crippen molar-refractivity contribution in [3.8, 4) is 0 Å². The zero-order chi connectivity index (χ0) is 15.9. The van der Waals surface area contributed by atoms with Gasteiger partial charge in [0.2, 0.25) is 0 Å². The van der Waals surface area contributed by atoms with Crippen molar-refractivity contribution < 1.29 is 4.74 Å². The second-order valence-electron chi connectivity index (χ2n) is 9.00. The number of rotatable bonds is 3. The number of nitrogens with one attached hydrogen (secondary N) is 1. The molecule has 0 aliphatic carbocycles. The van der Waals surface area contributed by atoms with Crippen LogP contribution in [0.3, 0.4) is 0 Å². The molecule has 3 heteroatoms. The minimum atomic E-state index is -0.0892. The largest absolute Gasteiger partial charge is 0.368 e. The van der Waals surface area contributed by atoms with E-state index in [1.807, 2.05) is 0 Å². The molecule has 1 N–H and O–H groups in total. The third-order valence-electron chi connectivity index (χ3n) is 5.77. The highest BCUT2D eigenvalue weighted by molar-refractivity contribution is 5.05. The molecule has 21 heavy (non-hydrogen) atoms. The lowest BCUT2D eigenvalue weighted by Gasteiger charge is -2.34. The van der Waals surface area contributed by atoms with Gasteiger partial charge in [-0.05, 0) is 72.5 Å². The molecule has 2 saturated heterocycles. The quantitative estimate of drug-likeness (QED) is 0.865. The van der Waals surface area contributed by atoms with Crippen LogP contribution in [-0.2, 0) is 4.74 Å². The summed E-state index contributed by atoms with van der Waals surface area (Å²) < 4.78 is 6.38. The molecule has 3 nitrogen and oxygen atoms in total. The van der Waals surface area contributed by atoms with Crippen LogP contribution in [0.15, 0.2) is 0 Å². The van der Waals surface area contributed by atoms with E-state index in [9.17, 15) is 0 Å². The summed E-state index contributed by atoms with van der Waals surface area (Å²) in [5.41, 5.74) is 0.366. The topological polar surface area (TPSA) is 24.5 Å². The zero-order valence-corrected chi connectivity index (χ0v) is 15.3. The van der Waals surface area contributed by atoms with E-state index in [4.69, 9.17) is 4.74 Å². The van der Waals surface area contributed by atoms with Crippen LogP contribution in [0, 0.1) is 11.3 Å². The molecule has 0 bridgehead atoms. The maximum atomic E-state index is 6.38. The van der Waals surface area contributed by atoms with Crippen molar-refractivity contribution in [2.45, 2.75) is 78.0 Å². The van der Waals surface area contributed by atoms with Gasteiger partial charge in [-0.15, -0.1) is 0 Å². The van der Waals surface area contributed by atoms with Gasteiger partial charge in [0.05, 0.1) is 11.2 Å². The van der Waals surface area contributed by atoms with E-state index >= 15 is 0 Å². The Morgan fingerprint density at radius 2 is 1.67 bits per heavy atom. The lowest BCUT2D eigenvalue weighted by Crippen LogP contribution is -2.49. The van der Waals surface area contributed by atoms with E-state index in [-0.39, 0.29) is 11.2 Å². The standard InChI is InChI=1S/C18H36N2O/c1-16(2)9-8-11-20(12-10-16)13-14-15(19-7)18(5,6)21-17(14,3)4/h14-15,19H,8-13H2,1-7H3. The molecule has 0 amide bonds. The van der Waals surface area contributed by atoms with E-state index in [2.05, 4.69) is 58.8 Å². The number of hydrogen-bond donors (Lipinski definition) is 1. The van der Waals surface area contributed by atoms with Crippen LogP contribution in [0.25, 0.3) is 0 Å². The van der Waals surface area contributed by atoms with Crippen molar-refractivity contribution in [1.29, 1.82) is 0 Å². The van der Waals surface area contributed by atoms with Crippen molar-refractivity contribution >= 4 is 0 Å². The van der Waals surface area contributed by atoms with E-state index in [1.54, 1.807) is 0 Å². The first-order chi connectivity index (χ1) is 9.57. The Hall–Kier alpha value is -0.120. The van der Waals surface area contributed by atoms with Gasteiger partial charge in [0, 0.05) is 18.5 Å². The monoisotopic (exact) mass is 296 g/mol. The Balaban J connectivity index is 2.07. The lowest BCUT2D eigenvalue weighted by molar-refractivity contribution is -0.0793. The Morgan fingerprint density at radius 3 is 2.29 bits per heavy atom. The number of ether oxygens (including phenoxy) is 1. The van der Waals surface area contributed by atoms with Gasteiger partial charge in [-0.2, -0.15) is 0 Å². The van der Waals surface area contributed by atoms with Crippen molar-refractivity contribution in [3.05, 3.63) is 0 Å². The van der Waals surface area contributed by atoms with Gasteiger partial charge in [0.1, 0.15) is 0 Å². The molecule has 0 radical (unpaired) electrons. The highest BCUT2D eigenvalue weighted by Gasteiger charge is 2.53. The third kappa shape index (κ3) is 3.80. The minimum Gasteiger partial charge on any atom is -0.368 e. The summed E-state index contributed by atoms with van der Waals surface area (Å²) in [6.45, 7) is 17.4. The van der Waals surface area contributed by atoms with Crippen LogP contribution in [-0.4, -0.2) is 48.8 Å². The van der Waals surface area contributed by atoms with Gasteiger partial charge < -0.3 is 15.0 Å². The van der Waals surface area contributed by atoms with Crippen molar-refractivity contribution in [3.63, 3.8) is 0 Å². The van der Waals surface area contributed by atoms with E-state index in [0.29, 0.717) is 17.4 Å². The zero-order valence-electron chi connectivity index (χ0n) is 15.3. The number of nitrogens with zero attached hydrogens (tertiary/aromatic N) is 1. The maximum absolute atomic E-state index is 6.38. The molecule has 0 saturated carbocycles. The predicted octanol–water partition coefficient (Wildman–Crippen LogP) is 3.29. The molecule has 0 spiro atoms. The normalized spacial score (nSPS) is 35.6. The highest BCUT2D eigenvalue weighted by atomic mass is 16.5. The van der Waals surface area contributed by atoms with Crippen LogP contribution in [0.2, 0.25) is 0 Å². The summed E-state index contributed by atoms with van der Waals surface area (Å²) in [4.78, 5) is 2.68. The van der Waals surface area contributed by atoms with Crippen molar-refractivity contribution in [1.82, 2.24) is 10.2 Å². The van der Waals surface area contributed by atoms with Crippen LogP contribution in [0.5, 0.6) is 0 Å². The van der Waals surface area contributed by atoms with Gasteiger partial charge in [0.15, 0.2) is 0 Å². The van der Waals surface area contributed by atoms with E-state index in [0.717, 1.165) is 6.54 Å². The summed E-state index contributed by atoms with van der Waals surface area (Å²) in [6, 6.07) is 0.420. The molecule has 0 aromatic carbocycles. The van der Waals surface area contributed by atoms with Gasteiger partial charge in [-0.25, -0.2) is 0 Å². The average Bonchev–Trinajstić information content (AvgIpc) is 2.44. The second kappa shape index (κ2) is 5.82. The van der Waals surface area contributed by atoms with Crippen molar-refractivity contribution in [2.75, 3.05) is 26.7 Å². The average molecular weight is 296 g/mol. The smallest absolute Gasteiger partial charge is 0.0790 e. The molecule has 2 atom stereocenters. The van der Waals surface area contributed by atoms with E-state index in [1.165, 1.54) is 32.4 Å². The first-order valence-corrected chi connectivity index (χ1v) is 8.67. The lowest BCUT2D eigenvalue weighted by atomic mass is 9.82. The van der Waals surface area contributed by atoms with Crippen LogP contribution >= 0.6 is 0 Å². The molecule has 2 aliphatic rings. The summed E-state index contributed by atoms with van der Waals surface area (Å²) in [5.74, 6) is 0.540. The van der Waals surface area contributed by atoms with Crippen LogP contribution in [0.1, 0.15) is 60.8 Å². The molecule has 2 heterocycles. The molecular weight excluding hydrogens is 260 g/mol. The summed E-state index contributed by atoms with van der Waals surface area (Å²) in [7, 11) is 2.08. The van der Waals surface area contributed by atoms with Gasteiger partial charge >= 0.3 is 0 Å². The Kier molecular flexibility index (Phi) is 4.78. The number of likely N-dealkylation sites (N-methyl/N-ethyl adjacent to an activating group) is 1. The highest BCUT2D eigenvalue weighted by Crippen LogP contribution is 2.43. The van der Waals surface area contributed by atoms with Crippen LogP contribution < -0.4 is 5.32 Å². The minimum absolute atomic E-state index is 0.0565. The molecule has 2 aliphatic heterocycles. The number of hydrogen-bond acceptors (Lipinski definition) is 3.